The van der Waals surface area contributed by atoms with E-state index < -0.39 is 15.4 Å². The molecule has 1 heterocycles. The quantitative estimate of drug-likeness (QED) is 0.725. The molecule has 1 aliphatic rings. The van der Waals surface area contributed by atoms with Gasteiger partial charge in [0.25, 0.3) is 0 Å². The molecule has 0 saturated carbocycles. The van der Waals surface area contributed by atoms with Gasteiger partial charge < -0.3 is 4.90 Å². The van der Waals surface area contributed by atoms with Crippen LogP contribution in [-0.2, 0) is 20.2 Å². The average molecular weight is 441 g/mol. The molecular formula is C20H22Cl2N2O3S. The number of benzene rings is 2. The highest BCUT2D eigenvalue weighted by atomic mass is 35.5. The van der Waals surface area contributed by atoms with Gasteiger partial charge in [0.15, 0.2) is 0 Å². The van der Waals surface area contributed by atoms with Crippen LogP contribution in [0.3, 0.4) is 0 Å². The van der Waals surface area contributed by atoms with Gasteiger partial charge in [0.05, 0.1) is 20.4 Å². The zero-order chi connectivity index (χ0) is 20.5. The smallest absolute Gasteiger partial charge is 0.243 e. The van der Waals surface area contributed by atoms with Crippen LogP contribution in [0.15, 0.2) is 53.4 Å². The van der Waals surface area contributed by atoms with E-state index in [1.807, 2.05) is 44.2 Å². The first kappa shape index (κ1) is 21.1. The lowest BCUT2D eigenvalue weighted by Gasteiger charge is -2.38. The van der Waals surface area contributed by atoms with Crippen molar-refractivity contribution in [2.45, 2.75) is 24.2 Å². The average Bonchev–Trinajstić information content (AvgIpc) is 2.70. The molecule has 2 aromatic rings. The molecule has 0 radical (unpaired) electrons. The third kappa shape index (κ3) is 4.06. The third-order valence-electron chi connectivity index (χ3n) is 5.08. The van der Waals surface area contributed by atoms with Gasteiger partial charge in [0.2, 0.25) is 15.9 Å². The second-order valence-electron chi connectivity index (χ2n) is 7.26. The molecule has 1 fully saturated rings. The monoisotopic (exact) mass is 440 g/mol. The Hall–Kier alpha value is -1.60. The van der Waals surface area contributed by atoms with Crippen LogP contribution in [0.1, 0.15) is 19.4 Å². The number of nitrogens with zero attached hydrogens (tertiary/aromatic N) is 2. The SMILES string of the molecule is CC(C)(C(=O)N1CCN(S(=O)(=O)c2ccc(Cl)c(Cl)c2)CC1)c1ccccc1. The summed E-state index contributed by atoms with van der Waals surface area (Å²) in [6.45, 7) is 4.94. The molecule has 1 saturated heterocycles. The van der Waals surface area contributed by atoms with E-state index in [1.165, 1.54) is 22.5 Å². The molecular weight excluding hydrogens is 419 g/mol. The molecule has 0 spiro atoms. The summed E-state index contributed by atoms with van der Waals surface area (Å²) in [5, 5.41) is 0.500. The Kier molecular flexibility index (Phi) is 6.05. The van der Waals surface area contributed by atoms with Gasteiger partial charge >= 0.3 is 0 Å². The number of amides is 1. The molecule has 1 amide bonds. The zero-order valence-electron chi connectivity index (χ0n) is 15.7. The Bertz CT molecular complexity index is 970. The number of hydrogen-bond acceptors (Lipinski definition) is 3. The molecule has 0 unspecified atom stereocenters. The second kappa shape index (κ2) is 8.03. The lowest BCUT2D eigenvalue weighted by Crippen LogP contribution is -2.54. The topological polar surface area (TPSA) is 57.7 Å². The summed E-state index contributed by atoms with van der Waals surface area (Å²) < 4.78 is 27.1. The molecule has 2 aromatic carbocycles. The van der Waals surface area contributed by atoms with Gasteiger partial charge in [-0.2, -0.15) is 4.31 Å². The first-order valence-corrected chi connectivity index (χ1v) is 11.1. The first-order chi connectivity index (χ1) is 13.1. The first-order valence-electron chi connectivity index (χ1n) is 8.94. The number of piperazine rings is 1. The van der Waals surface area contributed by atoms with Crippen molar-refractivity contribution >= 4 is 39.1 Å². The largest absolute Gasteiger partial charge is 0.339 e. The third-order valence-corrected chi connectivity index (χ3v) is 7.72. The van der Waals surface area contributed by atoms with E-state index in [1.54, 1.807) is 4.90 Å². The van der Waals surface area contributed by atoms with E-state index in [0.29, 0.717) is 18.1 Å². The van der Waals surface area contributed by atoms with E-state index in [9.17, 15) is 13.2 Å². The van der Waals surface area contributed by atoms with Crippen LogP contribution in [-0.4, -0.2) is 49.7 Å². The fourth-order valence-electron chi connectivity index (χ4n) is 3.29. The van der Waals surface area contributed by atoms with Crippen LogP contribution >= 0.6 is 23.2 Å². The molecule has 1 aliphatic heterocycles. The van der Waals surface area contributed by atoms with Crippen molar-refractivity contribution in [1.82, 2.24) is 9.21 Å². The van der Waals surface area contributed by atoms with Gasteiger partial charge in [-0.25, -0.2) is 8.42 Å². The number of rotatable bonds is 4. The number of carbonyl (C=O) groups is 1. The second-order valence-corrected chi connectivity index (χ2v) is 10.0. The van der Waals surface area contributed by atoms with Crippen LogP contribution in [0, 0.1) is 0 Å². The number of carbonyl (C=O) groups excluding carboxylic acids is 1. The Morgan fingerprint density at radius 3 is 2.11 bits per heavy atom. The van der Waals surface area contributed by atoms with Gasteiger partial charge in [-0.15, -0.1) is 0 Å². The van der Waals surface area contributed by atoms with E-state index in [-0.39, 0.29) is 28.9 Å². The normalized spacial score (nSPS) is 16.2. The Morgan fingerprint density at radius 1 is 0.929 bits per heavy atom. The fraction of sp³-hybridized carbons (Fsp3) is 0.350. The summed E-state index contributed by atoms with van der Waals surface area (Å²) in [6, 6.07) is 13.9. The fourth-order valence-corrected chi connectivity index (χ4v) is 5.10. The maximum Gasteiger partial charge on any atom is 0.243 e. The molecule has 3 rings (SSSR count). The molecule has 0 atom stereocenters. The Balaban J connectivity index is 1.71. The van der Waals surface area contributed by atoms with E-state index in [2.05, 4.69) is 0 Å². The van der Waals surface area contributed by atoms with E-state index >= 15 is 0 Å². The van der Waals surface area contributed by atoms with Crippen LogP contribution in [0.25, 0.3) is 0 Å². The Morgan fingerprint density at radius 2 is 1.54 bits per heavy atom. The molecule has 0 bridgehead atoms. The highest BCUT2D eigenvalue weighted by Gasteiger charge is 2.37. The van der Waals surface area contributed by atoms with Crippen molar-refractivity contribution in [3.8, 4) is 0 Å². The minimum Gasteiger partial charge on any atom is -0.339 e. The maximum atomic E-state index is 13.1. The van der Waals surface area contributed by atoms with E-state index in [4.69, 9.17) is 23.2 Å². The summed E-state index contributed by atoms with van der Waals surface area (Å²) in [5.74, 6) is -0.00900. The summed E-state index contributed by atoms with van der Waals surface area (Å²) in [6.07, 6.45) is 0. The maximum absolute atomic E-state index is 13.1. The predicted octanol–water partition coefficient (Wildman–Crippen LogP) is 3.80. The lowest BCUT2D eigenvalue weighted by molar-refractivity contribution is -0.137. The van der Waals surface area contributed by atoms with Crippen LogP contribution in [0.2, 0.25) is 10.0 Å². The highest BCUT2D eigenvalue weighted by molar-refractivity contribution is 7.89. The van der Waals surface area contributed by atoms with Gasteiger partial charge in [0, 0.05) is 26.2 Å². The number of sulfonamides is 1. The highest BCUT2D eigenvalue weighted by Crippen LogP contribution is 2.29. The van der Waals surface area contributed by atoms with Crippen LogP contribution in [0.4, 0.5) is 0 Å². The number of hydrogen-bond donors (Lipinski definition) is 0. The van der Waals surface area contributed by atoms with Crippen molar-refractivity contribution < 1.29 is 13.2 Å². The van der Waals surface area contributed by atoms with Crippen molar-refractivity contribution in [1.29, 1.82) is 0 Å². The Labute approximate surface area is 175 Å². The van der Waals surface area contributed by atoms with Gasteiger partial charge in [-0.05, 0) is 37.6 Å². The van der Waals surface area contributed by atoms with E-state index in [0.717, 1.165) is 5.56 Å². The van der Waals surface area contributed by atoms with Crippen molar-refractivity contribution in [3.05, 3.63) is 64.1 Å². The predicted molar refractivity (Wildman–Crippen MR) is 111 cm³/mol. The molecule has 150 valence electrons. The van der Waals surface area contributed by atoms with Crippen LogP contribution < -0.4 is 0 Å². The van der Waals surface area contributed by atoms with Gasteiger partial charge in [-0.3, -0.25) is 4.79 Å². The van der Waals surface area contributed by atoms with Crippen molar-refractivity contribution in [2.75, 3.05) is 26.2 Å². The zero-order valence-corrected chi connectivity index (χ0v) is 18.1. The standard InChI is InChI=1S/C20H22Cl2N2O3S/c1-20(2,15-6-4-3-5-7-15)19(25)23-10-12-24(13-11-23)28(26,27)16-8-9-17(21)18(22)14-16/h3-9,14H,10-13H2,1-2H3. The molecule has 0 aromatic heterocycles. The van der Waals surface area contributed by atoms with Gasteiger partial charge in [-0.1, -0.05) is 53.5 Å². The summed E-state index contributed by atoms with van der Waals surface area (Å²) >= 11 is 11.8. The summed E-state index contributed by atoms with van der Waals surface area (Å²) in [5.41, 5.74) is 0.261. The molecule has 0 N–H and O–H groups in total. The van der Waals surface area contributed by atoms with Crippen molar-refractivity contribution in [2.24, 2.45) is 0 Å². The van der Waals surface area contributed by atoms with Gasteiger partial charge in [0.1, 0.15) is 0 Å². The lowest BCUT2D eigenvalue weighted by atomic mass is 9.83. The minimum absolute atomic E-state index is 0.00900. The van der Waals surface area contributed by atoms with Crippen LogP contribution in [0.5, 0.6) is 0 Å². The summed E-state index contributed by atoms with van der Waals surface area (Å²) in [4.78, 5) is 14.9. The number of halogens is 2. The minimum atomic E-state index is -3.69. The molecule has 0 aliphatic carbocycles. The molecule has 5 nitrogen and oxygen atoms in total. The summed E-state index contributed by atoms with van der Waals surface area (Å²) in [7, 11) is -3.69. The molecule has 8 heteroatoms. The van der Waals surface area contributed by atoms with Crippen molar-refractivity contribution in [3.63, 3.8) is 0 Å². The molecule has 28 heavy (non-hydrogen) atoms.